The molecule has 1 aromatic heterocycles. The van der Waals surface area contributed by atoms with Gasteiger partial charge in [0.05, 0.1) is 18.1 Å². The van der Waals surface area contributed by atoms with Crippen LogP contribution in [0.1, 0.15) is 29.0 Å². The van der Waals surface area contributed by atoms with Gasteiger partial charge in [0, 0.05) is 24.0 Å². The number of carbonyl (C=O) groups excluding carboxylic acids is 3. The fourth-order valence-electron chi connectivity index (χ4n) is 3.22. The van der Waals surface area contributed by atoms with Crippen LogP contribution in [0.3, 0.4) is 0 Å². The number of hydrogen-bond donors (Lipinski definition) is 0. The number of carbonyl (C=O) groups is 3. The average molecular weight is 394 g/mol. The number of furan rings is 1. The van der Waals surface area contributed by atoms with E-state index in [1.165, 1.54) is 7.11 Å². The van der Waals surface area contributed by atoms with E-state index >= 15 is 0 Å². The van der Waals surface area contributed by atoms with E-state index in [-0.39, 0.29) is 30.2 Å². The molecule has 1 fully saturated rings. The summed E-state index contributed by atoms with van der Waals surface area (Å²) >= 11 is 6.08. The van der Waals surface area contributed by atoms with Crippen molar-refractivity contribution in [3.63, 3.8) is 0 Å². The second-order valence-electron chi connectivity index (χ2n) is 6.43. The number of rotatable bonds is 4. The van der Waals surface area contributed by atoms with Crippen LogP contribution in [0.4, 0.5) is 0 Å². The zero-order valence-corrected chi connectivity index (χ0v) is 15.9. The molecule has 0 unspecified atom stereocenters. The molecule has 0 aliphatic carbocycles. The number of amides is 1. The lowest BCUT2D eigenvalue weighted by atomic mass is 9.97. The number of methoxy groups -OCH3 is 1. The Kier molecular flexibility index (Phi) is 5.70. The molecule has 0 N–H and O–H groups in total. The van der Waals surface area contributed by atoms with Gasteiger partial charge >= 0.3 is 11.9 Å². The maximum Gasteiger partial charge on any atom is 0.375 e. The van der Waals surface area contributed by atoms with E-state index in [1.807, 2.05) is 0 Å². The SMILES string of the molecule is COC(=O)C1CCN(C(=O)COC(=O)c2oc3c(Cl)cccc3c2C)CC1. The summed E-state index contributed by atoms with van der Waals surface area (Å²) in [6.07, 6.45) is 1.07. The summed E-state index contributed by atoms with van der Waals surface area (Å²) in [7, 11) is 1.35. The van der Waals surface area contributed by atoms with Crippen LogP contribution in [-0.4, -0.2) is 49.6 Å². The smallest absolute Gasteiger partial charge is 0.375 e. The molecule has 0 saturated carbocycles. The number of para-hydroxylation sites is 1. The van der Waals surface area contributed by atoms with Gasteiger partial charge in [-0.2, -0.15) is 0 Å². The molecule has 1 aliphatic heterocycles. The monoisotopic (exact) mass is 393 g/mol. The molecule has 0 atom stereocenters. The second kappa shape index (κ2) is 8.00. The Morgan fingerprint density at radius 1 is 1.26 bits per heavy atom. The summed E-state index contributed by atoms with van der Waals surface area (Å²) < 4.78 is 15.4. The largest absolute Gasteiger partial charge is 0.469 e. The minimum atomic E-state index is -0.711. The van der Waals surface area contributed by atoms with Crippen LogP contribution >= 0.6 is 11.6 Å². The molecule has 0 radical (unpaired) electrons. The predicted octanol–water partition coefficient (Wildman–Crippen LogP) is 2.96. The Labute approximate surface area is 161 Å². The van der Waals surface area contributed by atoms with Crippen molar-refractivity contribution in [2.75, 3.05) is 26.8 Å². The van der Waals surface area contributed by atoms with E-state index < -0.39 is 5.97 Å². The number of ether oxygens (including phenoxy) is 2. The van der Waals surface area contributed by atoms with Crippen molar-refractivity contribution >= 4 is 40.4 Å². The third kappa shape index (κ3) is 3.93. The molecule has 1 aromatic carbocycles. The number of likely N-dealkylation sites (tertiary alicyclic amines) is 1. The molecular weight excluding hydrogens is 374 g/mol. The second-order valence-corrected chi connectivity index (χ2v) is 6.83. The number of nitrogens with zero attached hydrogens (tertiary/aromatic N) is 1. The van der Waals surface area contributed by atoms with Gasteiger partial charge in [0.15, 0.2) is 12.2 Å². The van der Waals surface area contributed by atoms with Gasteiger partial charge in [0.2, 0.25) is 5.76 Å². The highest BCUT2D eigenvalue weighted by molar-refractivity contribution is 6.35. The summed E-state index contributed by atoms with van der Waals surface area (Å²) in [5, 5.41) is 1.13. The summed E-state index contributed by atoms with van der Waals surface area (Å²) in [5.41, 5.74) is 1.03. The molecule has 1 aliphatic rings. The fraction of sp³-hybridized carbons (Fsp3) is 0.421. The third-order valence-electron chi connectivity index (χ3n) is 4.81. The molecule has 144 valence electrons. The lowest BCUT2D eigenvalue weighted by molar-refractivity contribution is -0.149. The Balaban J connectivity index is 1.58. The summed E-state index contributed by atoms with van der Waals surface area (Å²) in [6.45, 7) is 2.20. The number of esters is 2. The van der Waals surface area contributed by atoms with Crippen molar-refractivity contribution in [3.8, 4) is 0 Å². The van der Waals surface area contributed by atoms with E-state index in [9.17, 15) is 14.4 Å². The van der Waals surface area contributed by atoms with Gasteiger partial charge in [-0.15, -0.1) is 0 Å². The lowest BCUT2D eigenvalue weighted by Crippen LogP contribution is -2.42. The van der Waals surface area contributed by atoms with Crippen LogP contribution in [0.15, 0.2) is 22.6 Å². The van der Waals surface area contributed by atoms with E-state index in [4.69, 9.17) is 25.5 Å². The molecule has 1 saturated heterocycles. The number of piperidine rings is 1. The van der Waals surface area contributed by atoms with Gasteiger partial charge in [-0.3, -0.25) is 9.59 Å². The minimum absolute atomic E-state index is 0.0373. The molecule has 7 nitrogen and oxygen atoms in total. The summed E-state index contributed by atoms with van der Waals surface area (Å²) in [5.74, 6) is -1.43. The molecule has 8 heteroatoms. The van der Waals surface area contributed by atoms with Crippen molar-refractivity contribution < 1.29 is 28.3 Å². The number of fused-ring (bicyclic) bond motifs is 1. The highest BCUT2D eigenvalue weighted by Gasteiger charge is 2.29. The van der Waals surface area contributed by atoms with Crippen molar-refractivity contribution in [2.24, 2.45) is 5.92 Å². The minimum Gasteiger partial charge on any atom is -0.469 e. The summed E-state index contributed by atoms with van der Waals surface area (Å²) in [4.78, 5) is 37.7. The van der Waals surface area contributed by atoms with Gasteiger partial charge < -0.3 is 18.8 Å². The van der Waals surface area contributed by atoms with Crippen LogP contribution in [0.25, 0.3) is 11.0 Å². The molecule has 0 spiro atoms. The third-order valence-corrected chi connectivity index (χ3v) is 5.11. The first-order valence-corrected chi connectivity index (χ1v) is 9.00. The normalized spacial score (nSPS) is 15.0. The highest BCUT2D eigenvalue weighted by Crippen LogP contribution is 2.31. The van der Waals surface area contributed by atoms with E-state index in [0.29, 0.717) is 42.1 Å². The zero-order valence-electron chi connectivity index (χ0n) is 15.1. The summed E-state index contributed by atoms with van der Waals surface area (Å²) in [6, 6.07) is 5.24. The molecule has 1 amide bonds. The number of halogens is 1. The topological polar surface area (TPSA) is 86.0 Å². The van der Waals surface area contributed by atoms with Crippen molar-refractivity contribution in [1.82, 2.24) is 4.90 Å². The fourth-order valence-corrected chi connectivity index (χ4v) is 3.43. The van der Waals surface area contributed by atoms with Gasteiger partial charge in [0.1, 0.15) is 0 Å². The molecular formula is C19H20ClNO6. The zero-order chi connectivity index (χ0) is 19.6. The van der Waals surface area contributed by atoms with Crippen molar-refractivity contribution in [2.45, 2.75) is 19.8 Å². The van der Waals surface area contributed by atoms with Crippen LogP contribution in [0.2, 0.25) is 5.02 Å². The van der Waals surface area contributed by atoms with Gasteiger partial charge in [-0.05, 0) is 25.8 Å². The predicted molar refractivity (Wildman–Crippen MR) is 97.6 cm³/mol. The molecule has 3 rings (SSSR count). The molecule has 2 heterocycles. The van der Waals surface area contributed by atoms with Crippen molar-refractivity contribution in [1.29, 1.82) is 0 Å². The first kappa shape index (κ1) is 19.2. The standard InChI is InChI=1S/C19H20ClNO6/c1-11-13-4-3-5-14(20)17(13)27-16(11)19(24)26-10-15(22)21-8-6-12(7-9-21)18(23)25-2/h3-5,12H,6-10H2,1-2H3. The lowest BCUT2D eigenvalue weighted by Gasteiger charge is -2.30. The first-order valence-electron chi connectivity index (χ1n) is 8.62. The quantitative estimate of drug-likeness (QED) is 0.742. The maximum atomic E-state index is 12.3. The molecule has 2 aromatic rings. The number of benzene rings is 1. The van der Waals surface area contributed by atoms with Crippen LogP contribution < -0.4 is 0 Å². The highest BCUT2D eigenvalue weighted by atomic mass is 35.5. The van der Waals surface area contributed by atoms with Crippen LogP contribution in [0, 0.1) is 12.8 Å². The Morgan fingerprint density at radius 3 is 2.59 bits per heavy atom. The van der Waals surface area contributed by atoms with E-state index in [1.54, 1.807) is 30.0 Å². The molecule has 27 heavy (non-hydrogen) atoms. The number of hydrogen-bond acceptors (Lipinski definition) is 6. The Hall–Kier alpha value is -2.54. The van der Waals surface area contributed by atoms with Gasteiger partial charge in [-0.1, -0.05) is 23.7 Å². The van der Waals surface area contributed by atoms with Crippen LogP contribution in [0.5, 0.6) is 0 Å². The van der Waals surface area contributed by atoms with Gasteiger partial charge in [-0.25, -0.2) is 4.79 Å². The van der Waals surface area contributed by atoms with E-state index in [0.717, 1.165) is 5.39 Å². The van der Waals surface area contributed by atoms with E-state index in [2.05, 4.69) is 0 Å². The Morgan fingerprint density at radius 2 is 1.96 bits per heavy atom. The number of aryl methyl sites for hydroxylation is 1. The average Bonchev–Trinajstić information content (AvgIpc) is 3.03. The van der Waals surface area contributed by atoms with Gasteiger partial charge in [0.25, 0.3) is 5.91 Å². The van der Waals surface area contributed by atoms with Crippen molar-refractivity contribution in [3.05, 3.63) is 34.5 Å². The van der Waals surface area contributed by atoms with Crippen LogP contribution in [-0.2, 0) is 19.1 Å². The Bertz CT molecular complexity index is 882. The first-order chi connectivity index (χ1) is 12.9. The maximum absolute atomic E-state index is 12.3. The molecule has 0 bridgehead atoms.